The fourth-order valence-corrected chi connectivity index (χ4v) is 2.15. The van der Waals surface area contributed by atoms with E-state index in [2.05, 4.69) is 5.32 Å². The molecule has 0 unspecified atom stereocenters. The molecule has 1 aromatic carbocycles. The molecule has 0 amide bonds. The van der Waals surface area contributed by atoms with Gasteiger partial charge in [0, 0.05) is 5.69 Å². The zero-order valence-corrected chi connectivity index (χ0v) is 11.1. The molecule has 2 N–H and O–H groups in total. The Kier molecular flexibility index (Phi) is 4.45. The van der Waals surface area contributed by atoms with Gasteiger partial charge in [-0.2, -0.15) is 24.2 Å². The Labute approximate surface area is 115 Å². The summed E-state index contributed by atoms with van der Waals surface area (Å²) in [6.07, 6.45) is 0. The maximum absolute atomic E-state index is 11.0. The van der Waals surface area contributed by atoms with E-state index in [4.69, 9.17) is 20.3 Å². The molecular weight excluding hydrogens is 280 g/mol. The first-order valence-electron chi connectivity index (χ1n) is 5.13. The first-order chi connectivity index (χ1) is 9.33. The first-order valence-corrected chi connectivity index (χ1v) is 6.57. The number of anilines is 1. The standard InChI is InChI=1S/C12H8N4O3S/c1-8-4-10(2-3-12(8)20(17,18)19)16-11(7-15)9(5-13)6-14/h2-4,16H,1H3,(H,17,18,19). The van der Waals surface area contributed by atoms with Crippen molar-refractivity contribution in [2.24, 2.45) is 0 Å². The molecule has 0 aromatic heterocycles. The van der Waals surface area contributed by atoms with Gasteiger partial charge in [-0.1, -0.05) is 0 Å². The van der Waals surface area contributed by atoms with Crippen LogP contribution in [0.2, 0.25) is 0 Å². The van der Waals surface area contributed by atoms with Gasteiger partial charge in [0.2, 0.25) is 0 Å². The number of hydrogen-bond donors (Lipinski definition) is 2. The number of rotatable bonds is 3. The van der Waals surface area contributed by atoms with Crippen molar-refractivity contribution in [3.8, 4) is 18.2 Å². The zero-order valence-electron chi connectivity index (χ0n) is 10.2. The number of nitrogens with zero attached hydrogens (tertiary/aromatic N) is 3. The van der Waals surface area contributed by atoms with Crippen LogP contribution in [0.5, 0.6) is 0 Å². The van der Waals surface area contributed by atoms with Crippen LogP contribution < -0.4 is 5.32 Å². The summed E-state index contributed by atoms with van der Waals surface area (Å²) in [7, 11) is -4.32. The highest BCUT2D eigenvalue weighted by atomic mass is 32.2. The van der Waals surface area contributed by atoms with Crippen LogP contribution in [0.3, 0.4) is 0 Å². The molecule has 0 atom stereocenters. The summed E-state index contributed by atoms with van der Waals surface area (Å²) in [6.45, 7) is 1.46. The Morgan fingerprint density at radius 1 is 1.20 bits per heavy atom. The van der Waals surface area contributed by atoms with Crippen molar-refractivity contribution in [2.75, 3.05) is 5.32 Å². The normalized spacial score (nSPS) is 9.75. The minimum atomic E-state index is -4.32. The lowest BCUT2D eigenvalue weighted by Gasteiger charge is -2.08. The predicted molar refractivity (Wildman–Crippen MR) is 68.5 cm³/mol. The second kappa shape index (κ2) is 5.85. The Bertz CT molecular complexity index is 789. The van der Waals surface area contributed by atoms with Gasteiger partial charge in [-0.25, -0.2) is 0 Å². The van der Waals surface area contributed by atoms with E-state index in [1.165, 1.54) is 19.1 Å². The maximum atomic E-state index is 11.0. The Balaban J connectivity index is 3.25. The van der Waals surface area contributed by atoms with E-state index in [1.54, 1.807) is 18.2 Å². The highest BCUT2D eigenvalue weighted by Crippen LogP contribution is 2.20. The molecule has 0 saturated heterocycles. The molecule has 8 heteroatoms. The van der Waals surface area contributed by atoms with Gasteiger partial charge in [0.15, 0.2) is 5.57 Å². The van der Waals surface area contributed by atoms with Crippen molar-refractivity contribution < 1.29 is 13.0 Å². The van der Waals surface area contributed by atoms with Crippen LogP contribution in [-0.2, 0) is 10.1 Å². The Hall–Kier alpha value is -2.86. The summed E-state index contributed by atoms with van der Waals surface area (Å²) in [5.41, 5.74) is -0.0577. The minimum absolute atomic E-state index is 0.242. The quantitative estimate of drug-likeness (QED) is 0.634. The third-order valence-corrected chi connectivity index (χ3v) is 3.32. The van der Waals surface area contributed by atoms with Gasteiger partial charge in [-0.3, -0.25) is 4.55 Å². The van der Waals surface area contributed by atoms with E-state index in [0.29, 0.717) is 5.69 Å². The van der Waals surface area contributed by atoms with Crippen LogP contribution >= 0.6 is 0 Å². The number of aryl methyl sites for hydroxylation is 1. The van der Waals surface area contributed by atoms with Gasteiger partial charge < -0.3 is 5.32 Å². The molecule has 0 fully saturated rings. The van der Waals surface area contributed by atoms with Crippen LogP contribution in [0, 0.1) is 40.9 Å². The van der Waals surface area contributed by atoms with E-state index in [0.717, 1.165) is 6.07 Å². The third-order valence-electron chi connectivity index (χ3n) is 2.31. The van der Waals surface area contributed by atoms with Crippen LogP contribution in [-0.4, -0.2) is 13.0 Å². The molecule has 0 aliphatic heterocycles. The van der Waals surface area contributed by atoms with E-state index in [1.807, 2.05) is 0 Å². The number of nitriles is 3. The maximum Gasteiger partial charge on any atom is 0.294 e. The molecule has 0 aliphatic rings. The topological polar surface area (TPSA) is 138 Å². The fourth-order valence-electron chi connectivity index (χ4n) is 1.44. The Morgan fingerprint density at radius 2 is 1.80 bits per heavy atom. The second-order valence-electron chi connectivity index (χ2n) is 3.67. The fraction of sp³-hybridized carbons (Fsp3) is 0.0833. The first kappa shape index (κ1) is 15.2. The van der Waals surface area contributed by atoms with E-state index >= 15 is 0 Å². The lowest BCUT2D eigenvalue weighted by atomic mass is 10.2. The van der Waals surface area contributed by atoms with E-state index in [-0.39, 0.29) is 21.7 Å². The lowest BCUT2D eigenvalue weighted by Crippen LogP contribution is -2.04. The molecule has 0 spiro atoms. The van der Waals surface area contributed by atoms with E-state index < -0.39 is 10.1 Å². The summed E-state index contributed by atoms with van der Waals surface area (Å²) >= 11 is 0. The summed E-state index contributed by atoms with van der Waals surface area (Å²) in [5, 5.41) is 28.8. The van der Waals surface area contributed by atoms with Crippen molar-refractivity contribution in [1.82, 2.24) is 0 Å². The van der Waals surface area contributed by atoms with Gasteiger partial charge in [0.25, 0.3) is 10.1 Å². The average molecular weight is 288 g/mol. The largest absolute Gasteiger partial charge is 0.345 e. The zero-order chi connectivity index (χ0) is 15.3. The Morgan fingerprint density at radius 3 is 2.20 bits per heavy atom. The van der Waals surface area contributed by atoms with Crippen molar-refractivity contribution in [2.45, 2.75) is 11.8 Å². The van der Waals surface area contributed by atoms with Crippen LogP contribution in [0.4, 0.5) is 5.69 Å². The minimum Gasteiger partial charge on any atom is -0.345 e. The molecule has 0 radical (unpaired) electrons. The van der Waals surface area contributed by atoms with Crippen LogP contribution in [0.25, 0.3) is 0 Å². The predicted octanol–water partition coefficient (Wildman–Crippen LogP) is 1.48. The lowest BCUT2D eigenvalue weighted by molar-refractivity contribution is 0.482. The highest BCUT2D eigenvalue weighted by Gasteiger charge is 2.14. The molecule has 7 nitrogen and oxygen atoms in total. The highest BCUT2D eigenvalue weighted by molar-refractivity contribution is 7.85. The molecule has 20 heavy (non-hydrogen) atoms. The molecule has 0 aliphatic carbocycles. The smallest absolute Gasteiger partial charge is 0.294 e. The monoisotopic (exact) mass is 288 g/mol. The summed E-state index contributed by atoms with van der Waals surface area (Å²) in [5.74, 6) is 0. The average Bonchev–Trinajstić information content (AvgIpc) is 2.37. The summed E-state index contributed by atoms with van der Waals surface area (Å²) < 4.78 is 31.0. The SMILES string of the molecule is Cc1cc(NC(C#N)=C(C#N)C#N)ccc1S(=O)(=O)O. The van der Waals surface area contributed by atoms with Crippen molar-refractivity contribution >= 4 is 15.8 Å². The molecular formula is C12H8N4O3S. The van der Waals surface area contributed by atoms with Crippen molar-refractivity contribution in [1.29, 1.82) is 15.8 Å². The molecule has 0 saturated carbocycles. The number of hydrogen-bond acceptors (Lipinski definition) is 6. The van der Waals surface area contributed by atoms with E-state index in [9.17, 15) is 8.42 Å². The van der Waals surface area contributed by atoms with Gasteiger partial charge in [-0.15, -0.1) is 0 Å². The second-order valence-corrected chi connectivity index (χ2v) is 5.06. The van der Waals surface area contributed by atoms with Crippen LogP contribution in [0.15, 0.2) is 34.4 Å². The number of allylic oxidation sites excluding steroid dienone is 2. The molecule has 0 bridgehead atoms. The van der Waals surface area contributed by atoms with Gasteiger partial charge in [0.05, 0.1) is 4.90 Å². The number of benzene rings is 1. The molecule has 100 valence electrons. The van der Waals surface area contributed by atoms with Crippen LogP contribution in [0.1, 0.15) is 5.56 Å². The van der Waals surface area contributed by atoms with Gasteiger partial charge in [0.1, 0.15) is 23.9 Å². The van der Waals surface area contributed by atoms with Gasteiger partial charge >= 0.3 is 0 Å². The molecule has 1 rings (SSSR count). The summed E-state index contributed by atoms with van der Waals surface area (Å²) in [6, 6.07) is 8.64. The molecule has 0 heterocycles. The third kappa shape index (κ3) is 3.33. The van der Waals surface area contributed by atoms with Crippen molar-refractivity contribution in [3.05, 3.63) is 35.0 Å². The molecule has 1 aromatic rings. The van der Waals surface area contributed by atoms with Gasteiger partial charge in [-0.05, 0) is 30.7 Å². The summed E-state index contributed by atoms with van der Waals surface area (Å²) in [4.78, 5) is -0.258. The van der Waals surface area contributed by atoms with Crippen molar-refractivity contribution in [3.63, 3.8) is 0 Å². The number of nitrogens with one attached hydrogen (secondary N) is 1.